The van der Waals surface area contributed by atoms with Crippen LogP contribution in [0.5, 0.6) is 0 Å². The molecule has 3 saturated heterocycles. The average Bonchev–Trinajstić information content (AvgIpc) is 3.30. The third-order valence-corrected chi connectivity index (χ3v) is 5.82. The third kappa shape index (κ3) is 2.26. The Morgan fingerprint density at radius 2 is 2.16 bits per heavy atom. The van der Waals surface area contributed by atoms with Crippen molar-refractivity contribution in [3.63, 3.8) is 0 Å². The van der Waals surface area contributed by atoms with E-state index in [1.165, 1.54) is 12.1 Å². The lowest BCUT2D eigenvalue weighted by Crippen LogP contribution is -2.43. The molecule has 0 radical (unpaired) electrons. The van der Waals surface area contributed by atoms with Gasteiger partial charge in [0.1, 0.15) is 0 Å². The summed E-state index contributed by atoms with van der Waals surface area (Å²) in [5.41, 5.74) is 3.03. The van der Waals surface area contributed by atoms with Crippen molar-refractivity contribution in [2.45, 2.75) is 37.3 Å². The van der Waals surface area contributed by atoms with Gasteiger partial charge in [-0.3, -0.25) is 19.6 Å². The second-order valence-corrected chi connectivity index (χ2v) is 7.36. The van der Waals surface area contributed by atoms with Crippen LogP contribution >= 0.6 is 0 Å². The number of hydrogen-bond donors (Lipinski definition) is 2. The Balaban J connectivity index is 1.52. The molecule has 3 aliphatic heterocycles. The molecule has 5 rings (SSSR count). The zero-order valence-corrected chi connectivity index (χ0v) is 14.2. The van der Waals surface area contributed by atoms with Crippen molar-refractivity contribution in [3.05, 3.63) is 23.9 Å². The van der Waals surface area contributed by atoms with Crippen LogP contribution in [0.3, 0.4) is 0 Å². The van der Waals surface area contributed by atoms with E-state index in [-0.39, 0.29) is 17.7 Å². The molecule has 3 aliphatic rings. The van der Waals surface area contributed by atoms with Gasteiger partial charge in [0, 0.05) is 49.7 Å². The molecule has 130 valence electrons. The first-order valence-electron chi connectivity index (χ1n) is 8.90. The lowest BCUT2D eigenvalue weighted by Gasteiger charge is -2.29. The summed E-state index contributed by atoms with van der Waals surface area (Å²) in [4.78, 5) is 26.1. The second kappa shape index (κ2) is 5.29. The van der Waals surface area contributed by atoms with Crippen LogP contribution in [-0.4, -0.2) is 46.8 Å². The number of rotatable bonds is 2. The molecule has 3 atom stereocenters. The molecule has 7 heteroatoms. The predicted molar refractivity (Wildman–Crippen MR) is 93.4 cm³/mol. The van der Waals surface area contributed by atoms with Gasteiger partial charge >= 0.3 is 0 Å². The molecule has 7 nitrogen and oxygen atoms in total. The Kier molecular flexibility index (Phi) is 3.15. The lowest BCUT2D eigenvalue weighted by molar-refractivity contribution is -0.134. The minimum Gasteiger partial charge on any atom is -0.366 e. The molecular weight excluding hydrogens is 318 g/mol. The molecule has 3 fully saturated rings. The van der Waals surface area contributed by atoms with Crippen molar-refractivity contribution in [1.82, 2.24) is 20.4 Å². The Morgan fingerprint density at radius 1 is 1.28 bits per heavy atom. The number of anilines is 1. The second-order valence-electron chi connectivity index (χ2n) is 7.36. The highest BCUT2D eigenvalue weighted by atomic mass is 16.2. The normalized spacial score (nSPS) is 28.8. The summed E-state index contributed by atoms with van der Waals surface area (Å²) in [6, 6.07) is 7.57. The number of hydrogen-bond acceptors (Lipinski definition) is 5. The highest BCUT2D eigenvalue weighted by molar-refractivity contribution is 6.02. The van der Waals surface area contributed by atoms with E-state index in [0.29, 0.717) is 24.9 Å². The Hall–Kier alpha value is -2.41. The first-order valence-corrected chi connectivity index (χ1v) is 8.90. The summed E-state index contributed by atoms with van der Waals surface area (Å²) >= 11 is 0. The van der Waals surface area contributed by atoms with E-state index in [9.17, 15) is 9.59 Å². The fourth-order valence-electron chi connectivity index (χ4n) is 4.54. The fourth-order valence-corrected chi connectivity index (χ4v) is 4.54. The van der Waals surface area contributed by atoms with E-state index in [1.54, 1.807) is 0 Å². The number of amides is 2. The van der Waals surface area contributed by atoms with Crippen molar-refractivity contribution in [2.75, 3.05) is 18.0 Å². The number of carbonyl (C=O) groups excluding carboxylic acids is 2. The van der Waals surface area contributed by atoms with Crippen LogP contribution in [0.15, 0.2) is 18.2 Å². The molecule has 2 aromatic rings. The van der Waals surface area contributed by atoms with Gasteiger partial charge in [0.2, 0.25) is 11.8 Å². The lowest BCUT2D eigenvalue weighted by atomic mass is 9.93. The van der Waals surface area contributed by atoms with Gasteiger partial charge in [0.15, 0.2) is 0 Å². The van der Waals surface area contributed by atoms with E-state index in [2.05, 4.69) is 38.8 Å². The van der Waals surface area contributed by atoms with Crippen LogP contribution in [-0.2, 0) is 16.6 Å². The molecule has 1 aromatic carbocycles. The molecule has 0 spiro atoms. The number of aromatic nitrogens is 2. The number of benzene rings is 1. The third-order valence-electron chi connectivity index (χ3n) is 5.82. The number of fused-ring (bicyclic) bond motifs is 3. The van der Waals surface area contributed by atoms with Gasteiger partial charge in [0.05, 0.1) is 17.1 Å². The average molecular weight is 339 g/mol. The standard InChI is InChI=1S/C18H21N5O2/c1-22-15-7-11(23-9-10-6-12(23)8-19-10)2-3-13(15)17(21-22)14-4-5-16(24)20-18(14)25/h2-3,7,10,12,14,19H,4-6,8-9H2,1H3,(H,20,24,25). The highest BCUT2D eigenvalue weighted by Crippen LogP contribution is 2.35. The number of carbonyl (C=O) groups is 2. The van der Waals surface area contributed by atoms with Crippen molar-refractivity contribution in [2.24, 2.45) is 7.05 Å². The van der Waals surface area contributed by atoms with Crippen LogP contribution in [0.2, 0.25) is 0 Å². The van der Waals surface area contributed by atoms with Gasteiger partial charge in [-0.25, -0.2) is 0 Å². The molecule has 2 bridgehead atoms. The quantitative estimate of drug-likeness (QED) is 0.785. The Morgan fingerprint density at radius 3 is 2.88 bits per heavy atom. The van der Waals surface area contributed by atoms with Crippen molar-refractivity contribution in [1.29, 1.82) is 0 Å². The van der Waals surface area contributed by atoms with Crippen LogP contribution < -0.4 is 15.5 Å². The summed E-state index contributed by atoms with van der Waals surface area (Å²) in [5.74, 6) is -0.774. The summed E-state index contributed by atoms with van der Waals surface area (Å²) < 4.78 is 1.85. The molecule has 2 N–H and O–H groups in total. The van der Waals surface area contributed by atoms with Crippen LogP contribution in [0.4, 0.5) is 5.69 Å². The van der Waals surface area contributed by atoms with E-state index < -0.39 is 0 Å². The number of imide groups is 1. The molecule has 1 aromatic heterocycles. The minimum absolute atomic E-state index is 0.193. The van der Waals surface area contributed by atoms with Crippen molar-refractivity contribution >= 4 is 28.4 Å². The van der Waals surface area contributed by atoms with Crippen LogP contribution in [0, 0.1) is 0 Å². The highest BCUT2D eigenvalue weighted by Gasteiger charge is 2.38. The fraction of sp³-hybridized carbons (Fsp3) is 0.500. The summed E-state index contributed by atoms with van der Waals surface area (Å²) in [5, 5.41) is 11.6. The molecule has 4 heterocycles. The van der Waals surface area contributed by atoms with Gasteiger partial charge in [-0.05, 0) is 31.0 Å². The van der Waals surface area contributed by atoms with Gasteiger partial charge in [-0.15, -0.1) is 0 Å². The topological polar surface area (TPSA) is 79.3 Å². The maximum atomic E-state index is 12.2. The first kappa shape index (κ1) is 14.9. The monoisotopic (exact) mass is 339 g/mol. The molecule has 25 heavy (non-hydrogen) atoms. The smallest absolute Gasteiger partial charge is 0.235 e. The largest absolute Gasteiger partial charge is 0.366 e. The Bertz CT molecular complexity index is 889. The summed E-state index contributed by atoms with van der Waals surface area (Å²) in [6.07, 6.45) is 2.11. The molecular formula is C18H21N5O2. The van der Waals surface area contributed by atoms with Crippen molar-refractivity contribution < 1.29 is 9.59 Å². The zero-order chi connectivity index (χ0) is 17.1. The number of nitrogens with zero attached hydrogens (tertiary/aromatic N) is 3. The number of piperidine rings is 1. The van der Waals surface area contributed by atoms with E-state index >= 15 is 0 Å². The minimum atomic E-state index is -0.348. The van der Waals surface area contributed by atoms with Gasteiger partial charge in [-0.2, -0.15) is 5.10 Å². The van der Waals surface area contributed by atoms with Gasteiger partial charge in [0.25, 0.3) is 0 Å². The molecule has 3 unspecified atom stereocenters. The molecule has 0 saturated carbocycles. The Labute approximate surface area is 145 Å². The zero-order valence-electron chi connectivity index (χ0n) is 14.2. The summed E-state index contributed by atoms with van der Waals surface area (Å²) in [6.45, 7) is 2.10. The van der Waals surface area contributed by atoms with Gasteiger partial charge < -0.3 is 10.2 Å². The first-order chi connectivity index (χ1) is 12.1. The number of piperazine rings is 1. The van der Waals surface area contributed by atoms with E-state index in [0.717, 1.165) is 29.7 Å². The summed E-state index contributed by atoms with van der Waals surface area (Å²) in [7, 11) is 1.92. The maximum Gasteiger partial charge on any atom is 0.235 e. The maximum absolute atomic E-state index is 12.2. The van der Waals surface area contributed by atoms with Crippen LogP contribution in [0.1, 0.15) is 30.9 Å². The van der Waals surface area contributed by atoms with Crippen LogP contribution in [0.25, 0.3) is 10.9 Å². The van der Waals surface area contributed by atoms with Crippen molar-refractivity contribution in [3.8, 4) is 0 Å². The SMILES string of the molecule is Cn1nc(C2CCC(=O)NC2=O)c2ccc(N3CC4CC3CN4)cc21. The van der Waals surface area contributed by atoms with E-state index in [4.69, 9.17) is 0 Å². The predicted octanol–water partition coefficient (Wildman–Crippen LogP) is 0.644. The number of aryl methyl sites for hydroxylation is 1. The van der Waals surface area contributed by atoms with E-state index in [1.807, 2.05) is 11.7 Å². The number of nitrogens with one attached hydrogen (secondary N) is 2. The molecule has 0 aliphatic carbocycles. The van der Waals surface area contributed by atoms with Gasteiger partial charge in [-0.1, -0.05) is 0 Å². The molecule has 2 amide bonds.